The second-order valence-electron chi connectivity index (χ2n) is 7.59. The van der Waals surface area contributed by atoms with Crippen molar-refractivity contribution in [2.45, 2.75) is 30.2 Å². The molecule has 4 aromatic rings. The molecule has 0 radical (unpaired) electrons. The number of anilines is 2. The lowest BCUT2D eigenvalue weighted by molar-refractivity contribution is 0.0949. The molecular weight excluding hydrogens is 434 g/mol. The Hall–Kier alpha value is -3.91. The molecule has 0 unspecified atom stereocenters. The normalized spacial score (nSPS) is 12.6. The van der Waals surface area contributed by atoms with E-state index in [0.717, 1.165) is 21.8 Å². The number of aromatic nitrogens is 2. The van der Waals surface area contributed by atoms with Crippen LogP contribution in [0, 0.1) is 0 Å². The van der Waals surface area contributed by atoms with E-state index in [2.05, 4.69) is 27.0 Å². The van der Waals surface area contributed by atoms with Crippen LogP contribution in [0.1, 0.15) is 29.9 Å². The van der Waals surface area contributed by atoms with Gasteiger partial charge >= 0.3 is 0 Å². The first kappa shape index (κ1) is 21.0. The summed E-state index contributed by atoms with van der Waals surface area (Å²) in [5.74, 6) is -0.465. The third kappa shape index (κ3) is 3.89. The molecule has 164 valence electrons. The van der Waals surface area contributed by atoms with E-state index >= 15 is 0 Å². The standard InChI is InChI=1S/C25H21N5O2S/c1-3-30-25(32)18-9-5-4-8-17(18)23(29-30)24(31)28-27-15(2)16-12-13-22-20(14-16)26-19-10-6-7-11-21(19)33-22/h4-14,26H,3H2,1-2H3,(H,28,31)/b27-15-. The number of carbonyl (C=O) groups excluding carboxylic acids is 1. The van der Waals surface area contributed by atoms with Crippen molar-refractivity contribution in [2.24, 2.45) is 5.10 Å². The zero-order valence-electron chi connectivity index (χ0n) is 18.1. The number of aryl methyl sites for hydroxylation is 1. The summed E-state index contributed by atoms with van der Waals surface area (Å²) >= 11 is 1.72. The highest BCUT2D eigenvalue weighted by atomic mass is 32.2. The fourth-order valence-electron chi connectivity index (χ4n) is 3.73. The Morgan fingerprint density at radius 2 is 1.76 bits per heavy atom. The minimum atomic E-state index is -0.465. The summed E-state index contributed by atoms with van der Waals surface area (Å²) in [6, 6.07) is 21.2. The molecule has 8 heteroatoms. The van der Waals surface area contributed by atoms with Gasteiger partial charge in [0.05, 0.1) is 22.5 Å². The van der Waals surface area contributed by atoms with Crippen LogP contribution in [-0.2, 0) is 6.54 Å². The van der Waals surface area contributed by atoms with Crippen LogP contribution in [-0.4, -0.2) is 21.4 Å². The molecule has 1 aromatic heterocycles. The fourth-order valence-corrected chi connectivity index (χ4v) is 4.70. The largest absolute Gasteiger partial charge is 0.354 e. The Morgan fingerprint density at radius 1 is 1.03 bits per heavy atom. The lowest BCUT2D eigenvalue weighted by atomic mass is 10.1. The fraction of sp³-hybridized carbons (Fsp3) is 0.120. The van der Waals surface area contributed by atoms with E-state index in [9.17, 15) is 9.59 Å². The third-order valence-corrected chi connectivity index (χ3v) is 6.63. The summed E-state index contributed by atoms with van der Waals surface area (Å²) in [4.78, 5) is 27.8. The van der Waals surface area contributed by atoms with Gasteiger partial charge < -0.3 is 5.32 Å². The third-order valence-electron chi connectivity index (χ3n) is 5.48. The molecule has 33 heavy (non-hydrogen) atoms. The first-order chi connectivity index (χ1) is 16.0. The average Bonchev–Trinajstić information content (AvgIpc) is 2.85. The van der Waals surface area contributed by atoms with Crippen molar-refractivity contribution in [1.82, 2.24) is 15.2 Å². The maximum absolute atomic E-state index is 12.9. The Kier molecular flexibility index (Phi) is 5.43. The van der Waals surface area contributed by atoms with Gasteiger partial charge in [0, 0.05) is 21.7 Å². The molecule has 0 spiro atoms. The lowest BCUT2D eigenvalue weighted by Gasteiger charge is -2.21. The van der Waals surface area contributed by atoms with E-state index in [1.807, 2.05) is 50.2 Å². The van der Waals surface area contributed by atoms with Gasteiger partial charge in [0.2, 0.25) is 0 Å². The highest BCUT2D eigenvalue weighted by molar-refractivity contribution is 7.99. The van der Waals surface area contributed by atoms with Gasteiger partial charge in [-0.3, -0.25) is 9.59 Å². The molecule has 1 amide bonds. The Bertz CT molecular complexity index is 1490. The van der Waals surface area contributed by atoms with Gasteiger partial charge in [-0.2, -0.15) is 10.2 Å². The molecule has 0 saturated carbocycles. The summed E-state index contributed by atoms with van der Waals surface area (Å²) in [6.07, 6.45) is 0. The Labute approximate surface area is 194 Å². The summed E-state index contributed by atoms with van der Waals surface area (Å²) < 4.78 is 1.29. The topological polar surface area (TPSA) is 88.4 Å². The summed E-state index contributed by atoms with van der Waals surface area (Å²) in [7, 11) is 0. The molecular formula is C25H21N5O2S. The first-order valence-corrected chi connectivity index (χ1v) is 11.4. The maximum atomic E-state index is 12.9. The van der Waals surface area contributed by atoms with Crippen molar-refractivity contribution >= 4 is 45.5 Å². The van der Waals surface area contributed by atoms with Crippen molar-refractivity contribution in [3.63, 3.8) is 0 Å². The molecule has 0 bridgehead atoms. The van der Waals surface area contributed by atoms with Crippen LogP contribution in [0.3, 0.4) is 0 Å². The number of amides is 1. The van der Waals surface area contributed by atoms with E-state index in [1.165, 1.54) is 9.58 Å². The van der Waals surface area contributed by atoms with Gasteiger partial charge in [-0.1, -0.05) is 48.2 Å². The van der Waals surface area contributed by atoms with Gasteiger partial charge in [0.15, 0.2) is 5.69 Å². The molecule has 7 nitrogen and oxygen atoms in total. The van der Waals surface area contributed by atoms with Crippen molar-refractivity contribution in [2.75, 3.05) is 5.32 Å². The highest BCUT2D eigenvalue weighted by Crippen LogP contribution is 2.44. The van der Waals surface area contributed by atoms with E-state index in [1.54, 1.807) is 36.0 Å². The second kappa shape index (κ2) is 8.55. The van der Waals surface area contributed by atoms with E-state index in [0.29, 0.717) is 23.0 Å². The van der Waals surface area contributed by atoms with Crippen molar-refractivity contribution in [3.05, 3.63) is 88.3 Å². The zero-order valence-corrected chi connectivity index (χ0v) is 18.9. The van der Waals surface area contributed by atoms with Crippen LogP contribution in [0.25, 0.3) is 10.8 Å². The van der Waals surface area contributed by atoms with Gasteiger partial charge in [-0.05, 0) is 49.7 Å². The highest BCUT2D eigenvalue weighted by Gasteiger charge is 2.18. The monoisotopic (exact) mass is 455 g/mol. The number of benzene rings is 3. The molecule has 0 saturated heterocycles. The minimum Gasteiger partial charge on any atom is -0.354 e. The number of carbonyl (C=O) groups is 1. The smallest absolute Gasteiger partial charge is 0.292 e. The van der Waals surface area contributed by atoms with Crippen LogP contribution in [0.15, 0.2) is 86.4 Å². The zero-order chi connectivity index (χ0) is 22.9. The molecule has 5 rings (SSSR count). The van der Waals surface area contributed by atoms with Gasteiger partial charge in [-0.15, -0.1) is 0 Å². The number of nitrogens with one attached hydrogen (secondary N) is 2. The van der Waals surface area contributed by atoms with Crippen molar-refractivity contribution in [3.8, 4) is 0 Å². The van der Waals surface area contributed by atoms with Gasteiger partial charge in [0.25, 0.3) is 11.5 Å². The van der Waals surface area contributed by atoms with E-state index in [4.69, 9.17) is 0 Å². The Balaban J connectivity index is 1.41. The van der Waals surface area contributed by atoms with Crippen LogP contribution >= 0.6 is 11.8 Å². The summed E-state index contributed by atoms with van der Waals surface area (Å²) in [5.41, 5.74) is 6.17. The van der Waals surface area contributed by atoms with Crippen LogP contribution < -0.4 is 16.3 Å². The van der Waals surface area contributed by atoms with Gasteiger partial charge in [0.1, 0.15) is 0 Å². The first-order valence-electron chi connectivity index (χ1n) is 10.6. The summed E-state index contributed by atoms with van der Waals surface area (Å²) in [5, 5.41) is 13.0. The quantitative estimate of drug-likeness (QED) is 0.301. The molecule has 1 aliphatic heterocycles. The predicted molar refractivity (Wildman–Crippen MR) is 132 cm³/mol. The molecule has 3 aromatic carbocycles. The maximum Gasteiger partial charge on any atom is 0.292 e. The molecule has 0 aliphatic carbocycles. The molecule has 0 fully saturated rings. The van der Waals surface area contributed by atoms with Crippen molar-refractivity contribution < 1.29 is 4.79 Å². The van der Waals surface area contributed by atoms with Crippen LogP contribution in [0.5, 0.6) is 0 Å². The van der Waals surface area contributed by atoms with E-state index < -0.39 is 5.91 Å². The number of hydrazone groups is 1. The van der Waals surface area contributed by atoms with Crippen LogP contribution in [0.4, 0.5) is 11.4 Å². The summed E-state index contributed by atoms with van der Waals surface area (Å²) in [6.45, 7) is 4.02. The predicted octanol–water partition coefficient (Wildman–Crippen LogP) is 4.78. The number of rotatable bonds is 4. The number of fused-ring (bicyclic) bond motifs is 3. The Morgan fingerprint density at radius 3 is 2.58 bits per heavy atom. The number of hydrogen-bond donors (Lipinski definition) is 2. The minimum absolute atomic E-state index is 0.170. The molecule has 0 atom stereocenters. The van der Waals surface area contributed by atoms with Crippen molar-refractivity contribution in [1.29, 1.82) is 0 Å². The number of para-hydroxylation sites is 1. The SMILES string of the molecule is CCn1nc(C(=O)N/N=C(/C)c2ccc3c(c2)Nc2ccccc2S3)c2ccccc2c1=O. The average molecular weight is 456 g/mol. The van der Waals surface area contributed by atoms with Gasteiger partial charge in [-0.25, -0.2) is 10.1 Å². The molecule has 2 heterocycles. The number of hydrogen-bond acceptors (Lipinski definition) is 6. The van der Waals surface area contributed by atoms with Crippen LogP contribution in [0.2, 0.25) is 0 Å². The number of nitrogens with zero attached hydrogens (tertiary/aromatic N) is 3. The van der Waals surface area contributed by atoms with E-state index in [-0.39, 0.29) is 11.3 Å². The molecule has 1 aliphatic rings. The lowest BCUT2D eigenvalue weighted by Crippen LogP contribution is -2.28. The second-order valence-corrected chi connectivity index (χ2v) is 8.67. The molecule has 2 N–H and O–H groups in total.